The minimum absolute atomic E-state index is 3.44. The van der Waals surface area contributed by atoms with Crippen molar-refractivity contribution in [1.29, 1.82) is 0 Å². The highest BCUT2D eigenvalue weighted by Crippen LogP contribution is 2.50. The highest BCUT2D eigenvalue weighted by molar-refractivity contribution is 5.12. The van der Waals surface area contributed by atoms with Crippen LogP contribution in [0.3, 0.4) is 0 Å². The molecule has 0 aromatic heterocycles. The lowest BCUT2D eigenvalue weighted by molar-refractivity contribution is -0.348. The summed E-state index contributed by atoms with van der Waals surface area (Å²) >= 11 is 0. The van der Waals surface area contributed by atoms with Crippen molar-refractivity contribution < 1.29 is 44.6 Å². The van der Waals surface area contributed by atoms with Crippen LogP contribution in [0.4, 0.5) is 39.5 Å². The van der Waals surface area contributed by atoms with Gasteiger partial charge in [-0.15, -0.1) is 0 Å². The van der Waals surface area contributed by atoms with Crippen molar-refractivity contribution >= 4 is 0 Å². The molecule has 1 N–H and O–H groups in total. The molecular formula is C5HF9O. The zero-order valence-electron chi connectivity index (χ0n) is 6.35. The van der Waals surface area contributed by atoms with Crippen LogP contribution in [0.1, 0.15) is 0 Å². The molecular weight excluding hydrogens is 247 g/mol. The van der Waals surface area contributed by atoms with Gasteiger partial charge in [-0.05, 0) is 0 Å². The molecule has 0 unspecified atom stereocenters. The van der Waals surface area contributed by atoms with Gasteiger partial charge in [-0.1, -0.05) is 0 Å². The molecule has 0 amide bonds. The standard InChI is InChI=1S/C5HF9O/c6-1(2(7)15)3(8,9)4(10,11)5(12,13)14/h15H. The van der Waals surface area contributed by atoms with Crippen molar-refractivity contribution in [2.24, 2.45) is 0 Å². The van der Waals surface area contributed by atoms with E-state index in [9.17, 15) is 39.5 Å². The second-order valence-electron chi connectivity index (χ2n) is 2.25. The largest absolute Gasteiger partial charge is 0.484 e. The van der Waals surface area contributed by atoms with Crippen molar-refractivity contribution in [2.75, 3.05) is 0 Å². The summed E-state index contributed by atoms with van der Waals surface area (Å²) in [4.78, 5) is 0. The van der Waals surface area contributed by atoms with E-state index in [-0.39, 0.29) is 0 Å². The third kappa shape index (κ3) is 2.12. The van der Waals surface area contributed by atoms with Gasteiger partial charge in [0, 0.05) is 0 Å². The molecule has 0 aliphatic carbocycles. The molecule has 10 heteroatoms. The number of halogens is 9. The van der Waals surface area contributed by atoms with Crippen LogP contribution in [0.5, 0.6) is 0 Å². The van der Waals surface area contributed by atoms with Crippen LogP contribution < -0.4 is 0 Å². The number of aliphatic hydroxyl groups excluding tert-OH is 1. The van der Waals surface area contributed by atoms with Gasteiger partial charge in [0.05, 0.1) is 0 Å². The minimum Gasteiger partial charge on any atom is -0.484 e. The summed E-state index contributed by atoms with van der Waals surface area (Å²) in [5.74, 6) is -17.2. The number of alkyl halides is 7. The first-order valence-electron chi connectivity index (χ1n) is 2.92. The van der Waals surface area contributed by atoms with Crippen LogP contribution in [0.2, 0.25) is 0 Å². The first-order valence-corrected chi connectivity index (χ1v) is 2.92. The molecule has 0 radical (unpaired) electrons. The van der Waals surface area contributed by atoms with Crippen molar-refractivity contribution in [3.63, 3.8) is 0 Å². The summed E-state index contributed by atoms with van der Waals surface area (Å²) in [5, 5.41) is 7.44. The van der Waals surface area contributed by atoms with E-state index in [1.54, 1.807) is 0 Å². The van der Waals surface area contributed by atoms with Gasteiger partial charge in [-0.25, -0.2) is 0 Å². The highest BCUT2D eigenvalue weighted by Gasteiger charge is 2.75. The maximum absolute atomic E-state index is 12.0. The molecule has 0 rings (SSSR count). The fourth-order valence-electron chi connectivity index (χ4n) is 0.445. The Labute approximate surface area is 75.8 Å². The van der Waals surface area contributed by atoms with Crippen molar-refractivity contribution in [3.8, 4) is 0 Å². The van der Waals surface area contributed by atoms with Crippen LogP contribution in [0.15, 0.2) is 11.8 Å². The summed E-state index contributed by atoms with van der Waals surface area (Å²) in [6, 6.07) is -3.44. The van der Waals surface area contributed by atoms with E-state index in [0.29, 0.717) is 0 Å². The van der Waals surface area contributed by atoms with Crippen molar-refractivity contribution in [3.05, 3.63) is 11.8 Å². The molecule has 0 atom stereocenters. The average molecular weight is 248 g/mol. The van der Waals surface area contributed by atoms with E-state index < -0.39 is 29.9 Å². The third-order valence-corrected chi connectivity index (χ3v) is 1.21. The van der Waals surface area contributed by atoms with Gasteiger partial charge in [0.1, 0.15) is 0 Å². The highest BCUT2D eigenvalue weighted by atomic mass is 19.4. The molecule has 0 aromatic rings. The second-order valence-corrected chi connectivity index (χ2v) is 2.25. The predicted octanol–water partition coefficient (Wildman–Crippen LogP) is 3.49. The van der Waals surface area contributed by atoms with Crippen LogP contribution in [0.25, 0.3) is 0 Å². The first-order chi connectivity index (χ1) is 6.35. The lowest BCUT2D eigenvalue weighted by atomic mass is 10.1. The predicted molar refractivity (Wildman–Crippen MR) is 27.8 cm³/mol. The van der Waals surface area contributed by atoms with E-state index in [1.165, 1.54) is 0 Å². The van der Waals surface area contributed by atoms with Gasteiger partial charge in [-0.3, -0.25) is 0 Å². The van der Waals surface area contributed by atoms with Gasteiger partial charge >= 0.3 is 24.0 Å². The molecule has 0 fully saturated rings. The van der Waals surface area contributed by atoms with Crippen LogP contribution in [-0.4, -0.2) is 23.1 Å². The number of hydrogen-bond acceptors (Lipinski definition) is 1. The zero-order chi connectivity index (χ0) is 12.7. The molecule has 0 saturated carbocycles. The topological polar surface area (TPSA) is 20.2 Å². The Morgan fingerprint density at radius 3 is 1.33 bits per heavy atom. The lowest BCUT2D eigenvalue weighted by Crippen LogP contribution is -2.52. The number of aliphatic hydroxyl groups is 1. The molecule has 0 heterocycles. The summed E-state index contributed by atoms with van der Waals surface area (Å²) in [6.45, 7) is 0. The maximum atomic E-state index is 12.0. The maximum Gasteiger partial charge on any atom is 0.460 e. The van der Waals surface area contributed by atoms with E-state index in [2.05, 4.69) is 0 Å². The molecule has 0 aliphatic rings. The fourth-order valence-corrected chi connectivity index (χ4v) is 0.445. The number of rotatable bonds is 2. The first kappa shape index (κ1) is 13.9. The SMILES string of the molecule is OC(F)=C(F)C(F)(F)C(F)(F)C(F)(F)F. The Balaban J connectivity index is 5.49. The Morgan fingerprint density at radius 1 is 0.800 bits per heavy atom. The second kappa shape index (κ2) is 3.49. The Kier molecular flexibility index (Phi) is 3.24. The minimum atomic E-state index is -6.83. The molecule has 90 valence electrons. The molecule has 0 spiro atoms. The molecule has 0 aromatic carbocycles. The Hall–Kier alpha value is -1.09. The van der Waals surface area contributed by atoms with E-state index >= 15 is 0 Å². The number of allylic oxidation sites excluding steroid dienone is 1. The van der Waals surface area contributed by atoms with Gasteiger partial charge in [0.25, 0.3) is 0 Å². The van der Waals surface area contributed by atoms with Gasteiger partial charge in [-0.2, -0.15) is 39.5 Å². The average Bonchev–Trinajstić information content (AvgIpc) is 2.00. The van der Waals surface area contributed by atoms with E-state index in [1.807, 2.05) is 0 Å². The monoisotopic (exact) mass is 248 g/mol. The molecule has 0 aliphatic heterocycles. The zero-order valence-corrected chi connectivity index (χ0v) is 6.35. The Morgan fingerprint density at radius 2 is 1.13 bits per heavy atom. The molecule has 1 nitrogen and oxygen atoms in total. The molecule has 15 heavy (non-hydrogen) atoms. The van der Waals surface area contributed by atoms with Crippen molar-refractivity contribution in [1.82, 2.24) is 0 Å². The van der Waals surface area contributed by atoms with Gasteiger partial charge in [0.15, 0.2) is 0 Å². The smallest absolute Gasteiger partial charge is 0.460 e. The van der Waals surface area contributed by atoms with E-state index in [4.69, 9.17) is 5.11 Å². The summed E-state index contributed by atoms with van der Waals surface area (Å²) in [7, 11) is 0. The van der Waals surface area contributed by atoms with Gasteiger partial charge < -0.3 is 5.11 Å². The summed E-state index contributed by atoms with van der Waals surface area (Å²) < 4.78 is 105. The molecule has 0 saturated heterocycles. The lowest BCUT2D eigenvalue weighted by Gasteiger charge is -2.26. The third-order valence-electron chi connectivity index (χ3n) is 1.21. The van der Waals surface area contributed by atoms with Crippen molar-refractivity contribution in [2.45, 2.75) is 18.0 Å². The quantitative estimate of drug-likeness (QED) is 0.585. The Bertz CT molecular complexity index is 271. The summed E-state index contributed by atoms with van der Waals surface area (Å²) in [5.41, 5.74) is 0. The normalized spacial score (nSPS) is 16.3. The van der Waals surface area contributed by atoms with Crippen LogP contribution >= 0.6 is 0 Å². The van der Waals surface area contributed by atoms with Gasteiger partial charge in [0.2, 0.25) is 5.83 Å². The number of hydrogen-bond donors (Lipinski definition) is 1. The summed E-state index contributed by atoms with van der Waals surface area (Å²) in [6.07, 6.45) is -6.79. The van der Waals surface area contributed by atoms with Crippen LogP contribution in [-0.2, 0) is 0 Å². The van der Waals surface area contributed by atoms with E-state index in [0.717, 1.165) is 0 Å². The van der Waals surface area contributed by atoms with Crippen LogP contribution in [0, 0.1) is 0 Å². The molecule has 0 bridgehead atoms. The fraction of sp³-hybridized carbons (Fsp3) is 0.600.